The van der Waals surface area contributed by atoms with Crippen LogP contribution in [0.2, 0.25) is 0 Å². The molecule has 1 atom stereocenters. The Kier molecular flexibility index (Phi) is 5.07. The number of aromatic nitrogens is 1. The molecule has 19 heavy (non-hydrogen) atoms. The van der Waals surface area contributed by atoms with Crippen molar-refractivity contribution in [1.29, 1.82) is 0 Å². The van der Waals surface area contributed by atoms with Crippen LogP contribution >= 0.6 is 22.7 Å². The van der Waals surface area contributed by atoms with Crippen molar-refractivity contribution in [3.63, 3.8) is 0 Å². The van der Waals surface area contributed by atoms with Crippen molar-refractivity contribution >= 4 is 28.6 Å². The largest absolute Gasteiger partial charge is 0.348 e. The van der Waals surface area contributed by atoms with E-state index in [4.69, 9.17) is 5.73 Å². The van der Waals surface area contributed by atoms with Gasteiger partial charge in [0.15, 0.2) is 0 Å². The second-order valence-corrected chi connectivity index (χ2v) is 6.10. The van der Waals surface area contributed by atoms with Crippen LogP contribution in [-0.2, 0) is 12.8 Å². The first-order valence-corrected chi connectivity index (χ1v) is 7.97. The van der Waals surface area contributed by atoms with Crippen LogP contribution in [-0.4, -0.2) is 23.5 Å². The van der Waals surface area contributed by atoms with Gasteiger partial charge in [0, 0.05) is 17.8 Å². The summed E-state index contributed by atoms with van der Waals surface area (Å²) in [7, 11) is 0. The summed E-state index contributed by atoms with van der Waals surface area (Å²) in [6.07, 6.45) is 1.57. The fourth-order valence-electron chi connectivity index (χ4n) is 1.76. The predicted octanol–water partition coefficient (Wildman–Crippen LogP) is 2.07. The monoisotopic (exact) mass is 295 g/mol. The molecule has 0 saturated heterocycles. The van der Waals surface area contributed by atoms with Gasteiger partial charge >= 0.3 is 0 Å². The highest BCUT2D eigenvalue weighted by Crippen LogP contribution is 2.11. The average molecular weight is 295 g/mol. The van der Waals surface area contributed by atoms with E-state index >= 15 is 0 Å². The van der Waals surface area contributed by atoms with E-state index in [9.17, 15) is 4.79 Å². The zero-order chi connectivity index (χ0) is 13.7. The lowest BCUT2D eigenvalue weighted by Crippen LogP contribution is -2.34. The first kappa shape index (κ1) is 14.2. The van der Waals surface area contributed by atoms with Crippen LogP contribution in [0.4, 0.5) is 0 Å². The number of nitrogens with two attached hydrogens (primary N) is 1. The second-order valence-electron chi connectivity index (χ2n) is 4.38. The van der Waals surface area contributed by atoms with Gasteiger partial charge in [0.1, 0.15) is 5.69 Å². The summed E-state index contributed by atoms with van der Waals surface area (Å²) >= 11 is 3.16. The Labute approximate surface area is 120 Å². The third kappa shape index (κ3) is 4.12. The molecule has 0 aliphatic heterocycles. The van der Waals surface area contributed by atoms with Crippen LogP contribution < -0.4 is 11.1 Å². The molecule has 0 aliphatic carbocycles. The van der Waals surface area contributed by atoms with E-state index in [1.807, 2.05) is 12.3 Å². The maximum Gasteiger partial charge on any atom is 0.270 e. The van der Waals surface area contributed by atoms with Gasteiger partial charge in [-0.2, -0.15) is 11.3 Å². The van der Waals surface area contributed by atoms with E-state index in [2.05, 4.69) is 21.7 Å². The van der Waals surface area contributed by atoms with Gasteiger partial charge in [-0.15, -0.1) is 11.3 Å². The van der Waals surface area contributed by atoms with E-state index < -0.39 is 0 Å². The highest BCUT2D eigenvalue weighted by atomic mass is 32.1. The van der Waals surface area contributed by atoms with Gasteiger partial charge in [-0.25, -0.2) is 4.98 Å². The van der Waals surface area contributed by atoms with Crippen molar-refractivity contribution < 1.29 is 4.79 Å². The summed E-state index contributed by atoms with van der Waals surface area (Å²) in [6.45, 7) is 2.56. The lowest BCUT2D eigenvalue weighted by Gasteiger charge is -2.11. The minimum Gasteiger partial charge on any atom is -0.348 e. The van der Waals surface area contributed by atoms with Crippen molar-refractivity contribution in [2.24, 2.45) is 5.73 Å². The van der Waals surface area contributed by atoms with E-state index in [0.717, 1.165) is 17.8 Å². The van der Waals surface area contributed by atoms with Crippen LogP contribution in [0.25, 0.3) is 0 Å². The van der Waals surface area contributed by atoms with Gasteiger partial charge in [0.2, 0.25) is 0 Å². The third-order valence-corrected chi connectivity index (χ3v) is 4.28. The molecule has 0 saturated carbocycles. The third-order valence-electron chi connectivity index (χ3n) is 2.64. The quantitative estimate of drug-likeness (QED) is 0.857. The number of hydrogen-bond acceptors (Lipinski definition) is 5. The topological polar surface area (TPSA) is 68.0 Å². The van der Waals surface area contributed by atoms with E-state index in [1.165, 1.54) is 16.9 Å². The fraction of sp³-hybridized carbons (Fsp3) is 0.385. The molecule has 0 bridgehead atoms. The van der Waals surface area contributed by atoms with Crippen LogP contribution in [0.5, 0.6) is 0 Å². The summed E-state index contributed by atoms with van der Waals surface area (Å²) in [4.78, 5) is 16.3. The Balaban J connectivity index is 1.88. The first-order valence-electron chi connectivity index (χ1n) is 6.15. The van der Waals surface area contributed by atoms with Gasteiger partial charge < -0.3 is 11.1 Å². The van der Waals surface area contributed by atoms with E-state index in [0.29, 0.717) is 12.2 Å². The van der Waals surface area contributed by atoms with Crippen LogP contribution in [0.1, 0.15) is 28.0 Å². The normalized spacial score (nSPS) is 12.3. The SMILES string of the molecule is CC(Cc1ccsc1)NC(=O)c1csc(CCN)n1. The Morgan fingerprint density at radius 2 is 2.37 bits per heavy atom. The molecule has 0 fully saturated rings. The summed E-state index contributed by atoms with van der Waals surface area (Å²) < 4.78 is 0. The predicted molar refractivity (Wildman–Crippen MR) is 79.8 cm³/mol. The number of carbonyl (C=O) groups is 1. The summed E-state index contributed by atoms with van der Waals surface area (Å²) in [5.74, 6) is -0.109. The van der Waals surface area contributed by atoms with Gasteiger partial charge in [0.25, 0.3) is 5.91 Å². The van der Waals surface area contributed by atoms with E-state index in [-0.39, 0.29) is 11.9 Å². The molecule has 3 N–H and O–H groups in total. The number of thiazole rings is 1. The molecule has 4 nitrogen and oxygen atoms in total. The molecule has 102 valence electrons. The molecular weight excluding hydrogens is 278 g/mol. The number of hydrogen-bond donors (Lipinski definition) is 2. The fourth-order valence-corrected chi connectivity index (χ4v) is 3.24. The number of nitrogens with zero attached hydrogens (tertiary/aromatic N) is 1. The Morgan fingerprint density at radius 3 is 3.05 bits per heavy atom. The molecule has 1 unspecified atom stereocenters. The van der Waals surface area contributed by atoms with Crippen molar-refractivity contribution in [3.8, 4) is 0 Å². The Morgan fingerprint density at radius 1 is 1.53 bits per heavy atom. The molecule has 2 rings (SSSR count). The van der Waals surface area contributed by atoms with Gasteiger partial charge in [-0.3, -0.25) is 4.79 Å². The highest BCUT2D eigenvalue weighted by molar-refractivity contribution is 7.09. The molecular formula is C13H17N3OS2. The second kappa shape index (κ2) is 6.79. The first-order chi connectivity index (χ1) is 9.19. The standard InChI is InChI=1S/C13H17N3OS2/c1-9(6-10-3-5-18-7-10)15-13(17)11-8-19-12(16-11)2-4-14/h3,5,7-9H,2,4,6,14H2,1H3,(H,15,17). The molecule has 0 radical (unpaired) electrons. The summed E-state index contributed by atoms with van der Waals surface area (Å²) in [5.41, 5.74) is 7.21. The molecule has 2 aromatic rings. The molecule has 1 amide bonds. The van der Waals surface area contributed by atoms with Crippen LogP contribution in [0.15, 0.2) is 22.2 Å². The number of nitrogens with one attached hydrogen (secondary N) is 1. The summed E-state index contributed by atoms with van der Waals surface area (Å²) in [6, 6.07) is 2.18. The van der Waals surface area contributed by atoms with Crippen molar-refractivity contribution in [2.45, 2.75) is 25.8 Å². The summed E-state index contributed by atoms with van der Waals surface area (Å²) in [5, 5.41) is 9.82. The molecule has 0 aromatic carbocycles. The molecule has 0 aliphatic rings. The van der Waals surface area contributed by atoms with Gasteiger partial charge in [-0.1, -0.05) is 0 Å². The maximum absolute atomic E-state index is 12.0. The van der Waals surface area contributed by atoms with Gasteiger partial charge in [0.05, 0.1) is 5.01 Å². The maximum atomic E-state index is 12.0. The zero-order valence-corrected chi connectivity index (χ0v) is 12.4. The number of rotatable bonds is 6. The lowest BCUT2D eigenvalue weighted by molar-refractivity contribution is 0.0935. The average Bonchev–Trinajstić information content (AvgIpc) is 3.00. The number of thiophene rings is 1. The van der Waals surface area contributed by atoms with Gasteiger partial charge in [-0.05, 0) is 42.3 Å². The van der Waals surface area contributed by atoms with Crippen LogP contribution in [0.3, 0.4) is 0 Å². The van der Waals surface area contributed by atoms with Crippen LogP contribution in [0, 0.1) is 0 Å². The highest BCUT2D eigenvalue weighted by Gasteiger charge is 2.13. The van der Waals surface area contributed by atoms with E-state index in [1.54, 1.807) is 16.7 Å². The van der Waals surface area contributed by atoms with Crippen molar-refractivity contribution in [1.82, 2.24) is 10.3 Å². The number of carbonyl (C=O) groups excluding carboxylic acids is 1. The minimum atomic E-state index is -0.109. The minimum absolute atomic E-state index is 0.0989. The number of amides is 1. The molecule has 0 spiro atoms. The van der Waals surface area contributed by atoms with Crippen molar-refractivity contribution in [2.75, 3.05) is 6.54 Å². The smallest absolute Gasteiger partial charge is 0.270 e. The Bertz CT molecular complexity index is 522. The Hall–Kier alpha value is -1.24. The molecule has 2 aromatic heterocycles. The zero-order valence-electron chi connectivity index (χ0n) is 10.8. The molecule has 6 heteroatoms. The lowest BCUT2D eigenvalue weighted by atomic mass is 10.1. The molecule has 2 heterocycles. The van der Waals surface area contributed by atoms with Crippen molar-refractivity contribution in [3.05, 3.63) is 38.5 Å².